The fourth-order valence-electron chi connectivity index (χ4n) is 2.07. The lowest BCUT2D eigenvalue weighted by Gasteiger charge is -2.17. The Hall–Kier alpha value is -1.55. The van der Waals surface area contributed by atoms with E-state index in [2.05, 4.69) is 0 Å². The number of hydrogen-bond donors (Lipinski definition) is 1. The molecule has 0 radical (unpaired) electrons. The van der Waals surface area contributed by atoms with Crippen LogP contribution in [0.4, 0.5) is 0 Å². The van der Waals surface area contributed by atoms with Gasteiger partial charge in [0.1, 0.15) is 5.75 Å². The maximum absolute atomic E-state index is 12.3. The van der Waals surface area contributed by atoms with Crippen molar-refractivity contribution in [3.63, 3.8) is 0 Å². The first-order chi connectivity index (χ1) is 8.22. The van der Waals surface area contributed by atoms with Crippen LogP contribution >= 0.6 is 0 Å². The van der Waals surface area contributed by atoms with Gasteiger partial charge in [-0.15, -0.1) is 0 Å². The highest BCUT2D eigenvalue weighted by atomic mass is 16.5. The van der Waals surface area contributed by atoms with Crippen LogP contribution in [0.5, 0.6) is 5.75 Å². The Morgan fingerprint density at radius 2 is 2.29 bits per heavy atom. The number of benzene rings is 1. The molecular weight excluding hydrogens is 216 g/mol. The number of likely N-dealkylation sites (tertiary alicyclic amines) is 1. The SMILES string of the molecule is CCOc1ccccc1C(=O)N1CCC(N)C1. The molecule has 1 unspecified atom stereocenters. The summed E-state index contributed by atoms with van der Waals surface area (Å²) in [4.78, 5) is 14.1. The summed E-state index contributed by atoms with van der Waals surface area (Å²) in [6.45, 7) is 3.84. The second-order valence-electron chi connectivity index (χ2n) is 4.23. The monoisotopic (exact) mass is 234 g/mol. The molecule has 1 fully saturated rings. The first-order valence-corrected chi connectivity index (χ1v) is 5.99. The van der Waals surface area contributed by atoms with Crippen LogP contribution in [0, 0.1) is 0 Å². The Labute approximate surface area is 101 Å². The topological polar surface area (TPSA) is 55.6 Å². The van der Waals surface area contributed by atoms with Crippen LogP contribution in [-0.2, 0) is 0 Å². The van der Waals surface area contributed by atoms with Crippen molar-refractivity contribution in [3.05, 3.63) is 29.8 Å². The number of rotatable bonds is 3. The second-order valence-corrected chi connectivity index (χ2v) is 4.23. The lowest BCUT2D eigenvalue weighted by Crippen LogP contribution is -2.32. The molecule has 1 aliphatic heterocycles. The Morgan fingerprint density at radius 3 is 2.94 bits per heavy atom. The van der Waals surface area contributed by atoms with Crippen LogP contribution < -0.4 is 10.5 Å². The van der Waals surface area contributed by atoms with Gasteiger partial charge in [0.05, 0.1) is 12.2 Å². The Bertz CT molecular complexity index is 406. The molecule has 0 spiro atoms. The second kappa shape index (κ2) is 5.19. The van der Waals surface area contributed by atoms with E-state index >= 15 is 0 Å². The van der Waals surface area contributed by atoms with Crippen LogP contribution in [0.15, 0.2) is 24.3 Å². The van der Waals surface area contributed by atoms with Gasteiger partial charge in [0, 0.05) is 19.1 Å². The first-order valence-electron chi connectivity index (χ1n) is 5.99. The molecule has 2 N–H and O–H groups in total. The third-order valence-electron chi connectivity index (χ3n) is 2.93. The summed E-state index contributed by atoms with van der Waals surface area (Å²) in [5.74, 6) is 0.669. The number of carbonyl (C=O) groups excluding carboxylic acids is 1. The van der Waals surface area contributed by atoms with Gasteiger partial charge in [0.25, 0.3) is 5.91 Å². The minimum atomic E-state index is 0.0157. The molecular formula is C13H18N2O2. The van der Waals surface area contributed by atoms with Crippen molar-refractivity contribution in [2.75, 3.05) is 19.7 Å². The molecule has 1 aliphatic rings. The average molecular weight is 234 g/mol. The lowest BCUT2D eigenvalue weighted by molar-refractivity contribution is 0.0786. The maximum atomic E-state index is 12.3. The Morgan fingerprint density at radius 1 is 1.53 bits per heavy atom. The molecule has 17 heavy (non-hydrogen) atoms. The van der Waals surface area contributed by atoms with Crippen molar-refractivity contribution in [1.29, 1.82) is 0 Å². The number of para-hydroxylation sites is 1. The molecule has 0 aromatic heterocycles. The van der Waals surface area contributed by atoms with Gasteiger partial charge < -0.3 is 15.4 Å². The van der Waals surface area contributed by atoms with Gasteiger partial charge >= 0.3 is 0 Å². The number of nitrogens with zero attached hydrogens (tertiary/aromatic N) is 1. The third-order valence-corrected chi connectivity index (χ3v) is 2.93. The standard InChI is InChI=1S/C13H18N2O2/c1-2-17-12-6-4-3-5-11(12)13(16)15-8-7-10(14)9-15/h3-6,10H,2,7-9,14H2,1H3. The molecule has 0 aliphatic carbocycles. The van der Waals surface area contributed by atoms with Crippen molar-refractivity contribution in [2.45, 2.75) is 19.4 Å². The predicted octanol–water partition coefficient (Wildman–Crippen LogP) is 1.26. The summed E-state index contributed by atoms with van der Waals surface area (Å²) in [5.41, 5.74) is 6.44. The summed E-state index contributed by atoms with van der Waals surface area (Å²) in [6, 6.07) is 7.46. The largest absolute Gasteiger partial charge is 0.493 e. The number of carbonyl (C=O) groups is 1. The highest BCUT2D eigenvalue weighted by molar-refractivity contribution is 5.97. The highest BCUT2D eigenvalue weighted by Gasteiger charge is 2.26. The molecule has 0 saturated carbocycles. The molecule has 1 heterocycles. The molecule has 1 aromatic carbocycles. The normalized spacial score (nSPS) is 19.4. The van der Waals surface area contributed by atoms with E-state index in [0.717, 1.165) is 13.0 Å². The zero-order valence-electron chi connectivity index (χ0n) is 10.1. The van der Waals surface area contributed by atoms with Gasteiger partial charge in [-0.25, -0.2) is 0 Å². The summed E-state index contributed by atoms with van der Waals surface area (Å²) in [6.07, 6.45) is 0.878. The van der Waals surface area contributed by atoms with E-state index in [4.69, 9.17) is 10.5 Å². The molecule has 4 nitrogen and oxygen atoms in total. The number of hydrogen-bond acceptors (Lipinski definition) is 3. The lowest BCUT2D eigenvalue weighted by atomic mass is 10.2. The summed E-state index contributed by atoms with van der Waals surface area (Å²) in [5, 5.41) is 0. The third kappa shape index (κ3) is 2.58. The van der Waals surface area contributed by atoms with Crippen LogP contribution in [0.25, 0.3) is 0 Å². The van der Waals surface area contributed by atoms with Gasteiger partial charge in [-0.2, -0.15) is 0 Å². The zero-order chi connectivity index (χ0) is 12.3. The van der Waals surface area contributed by atoms with Crippen molar-refractivity contribution in [2.24, 2.45) is 5.73 Å². The number of amides is 1. The van der Waals surface area contributed by atoms with Gasteiger partial charge in [-0.3, -0.25) is 4.79 Å². The van der Waals surface area contributed by atoms with Crippen LogP contribution in [-0.4, -0.2) is 36.5 Å². The number of ether oxygens (including phenoxy) is 1. The zero-order valence-corrected chi connectivity index (χ0v) is 10.1. The molecule has 2 rings (SSSR count). The fraction of sp³-hybridized carbons (Fsp3) is 0.462. The van der Waals surface area contributed by atoms with E-state index in [9.17, 15) is 4.79 Å². The van der Waals surface area contributed by atoms with Gasteiger partial charge in [0.2, 0.25) is 0 Å². The van der Waals surface area contributed by atoms with Crippen LogP contribution in [0.2, 0.25) is 0 Å². The van der Waals surface area contributed by atoms with E-state index in [-0.39, 0.29) is 11.9 Å². The van der Waals surface area contributed by atoms with Gasteiger partial charge in [0.15, 0.2) is 0 Å². The maximum Gasteiger partial charge on any atom is 0.257 e. The Balaban J connectivity index is 2.18. The van der Waals surface area contributed by atoms with Crippen LogP contribution in [0.1, 0.15) is 23.7 Å². The van der Waals surface area contributed by atoms with Crippen LogP contribution in [0.3, 0.4) is 0 Å². The van der Waals surface area contributed by atoms with Crippen molar-refractivity contribution in [3.8, 4) is 5.75 Å². The summed E-state index contributed by atoms with van der Waals surface area (Å²) >= 11 is 0. The molecule has 1 amide bonds. The van der Waals surface area contributed by atoms with Crippen molar-refractivity contribution in [1.82, 2.24) is 4.90 Å². The van der Waals surface area contributed by atoms with E-state index < -0.39 is 0 Å². The quantitative estimate of drug-likeness (QED) is 0.856. The minimum Gasteiger partial charge on any atom is -0.493 e. The highest BCUT2D eigenvalue weighted by Crippen LogP contribution is 2.21. The van der Waals surface area contributed by atoms with E-state index in [1.807, 2.05) is 25.1 Å². The molecule has 1 saturated heterocycles. The van der Waals surface area contributed by atoms with E-state index in [1.54, 1.807) is 11.0 Å². The smallest absolute Gasteiger partial charge is 0.257 e. The van der Waals surface area contributed by atoms with E-state index in [0.29, 0.717) is 24.5 Å². The Kier molecular flexibility index (Phi) is 3.64. The van der Waals surface area contributed by atoms with E-state index in [1.165, 1.54) is 0 Å². The van der Waals surface area contributed by atoms with Gasteiger partial charge in [-0.05, 0) is 25.5 Å². The molecule has 0 bridgehead atoms. The summed E-state index contributed by atoms with van der Waals surface area (Å²) < 4.78 is 5.47. The minimum absolute atomic E-state index is 0.0157. The fourth-order valence-corrected chi connectivity index (χ4v) is 2.07. The molecule has 92 valence electrons. The molecule has 4 heteroatoms. The molecule has 1 atom stereocenters. The number of nitrogens with two attached hydrogens (primary N) is 1. The first kappa shape index (κ1) is 11.9. The predicted molar refractivity (Wildman–Crippen MR) is 66.1 cm³/mol. The average Bonchev–Trinajstić information content (AvgIpc) is 2.76. The summed E-state index contributed by atoms with van der Waals surface area (Å²) in [7, 11) is 0. The molecule has 1 aromatic rings. The van der Waals surface area contributed by atoms with Crippen molar-refractivity contribution >= 4 is 5.91 Å². The van der Waals surface area contributed by atoms with Gasteiger partial charge in [-0.1, -0.05) is 12.1 Å². The van der Waals surface area contributed by atoms with Crippen molar-refractivity contribution < 1.29 is 9.53 Å².